The van der Waals surface area contributed by atoms with Crippen molar-refractivity contribution in [3.63, 3.8) is 0 Å². The van der Waals surface area contributed by atoms with Crippen molar-refractivity contribution in [2.75, 3.05) is 0 Å². The smallest absolute Gasteiger partial charge is 0.213 e. The summed E-state index contributed by atoms with van der Waals surface area (Å²) in [5, 5.41) is 8.71. The third kappa shape index (κ3) is 4.00. The van der Waals surface area contributed by atoms with Gasteiger partial charge < -0.3 is 0 Å². The van der Waals surface area contributed by atoms with E-state index >= 15 is 0 Å². The average molecular weight is 467 g/mol. The van der Waals surface area contributed by atoms with Crippen molar-refractivity contribution in [1.29, 1.82) is 0 Å². The summed E-state index contributed by atoms with van der Waals surface area (Å²) in [6, 6.07) is 20.1. The first kappa shape index (κ1) is 21.0. The van der Waals surface area contributed by atoms with E-state index in [1.54, 1.807) is 18.2 Å². The van der Waals surface area contributed by atoms with E-state index in [1.165, 1.54) is 22.9 Å². The van der Waals surface area contributed by atoms with Gasteiger partial charge in [0.25, 0.3) is 0 Å². The minimum atomic E-state index is -4.47. The molecule has 0 fully saturated rings. The molecule has 2 heterocycles. The van der Waals surface area contributed by atoms with Crippen LogP contribution < -0.4 is 0 Å². The molecule has 0 spiro atoms. The maximum atomic E-state index is 14.5. The summed E-state index contributed by atoms with van der Waals surface area (Å²) in [5.74, 6) is -0.339. The van der Waals surface area contributed by atoms with E-state index in [9.17, 15) is 17.6 Å². The van der Waals surface area contributed by atoms with E-state index in [-0.39, 0.29) is 17.1 Å². The molecule has 0 bridgehead atoms. The Morgan fingerprint density at radius 3 is 2.30 bits per heavy atom. The van der Waals surface area contributed by atoms with E-state index in [0.29, 0.717) is 16.4 Å². The molecule has 33 heavy (non-hydrogen) atoms. The first-order valence-corrected chi connectivity index (χ1v) is 10.5. The number of rotatable bonds is 4. The van der Waals surface area contributed by atoms with Crippen LogP contribution in [0.3, 0.4) is 0 Å². The first-order valence-electron chi connectivity index (χ1n) is 9.69. The fraction of sp³-hybridized carbons (Fsp3) is 0.0435. The largest absolute Gasteiger partial charge is 0.416 e. The summed E-state index contributed by atoms with van der Waals surface area (Å²) in [5.41, 5.74) is 1.21. The van der Waals surface area contributed by atoms with Gasteiger partial charge in [0.1, 0.15) is 17.2 Å². The van der Waals surface area contributed by atoms with Crippen LogP contribution in [0.1, 0.15) is 5.56 Å². The van der Waals surface area contributed by atoms with Gasteiger partial charge in [-0.15, -0.1) is 5.10 Å². The Kier molecular flexibility index (Phi) is 5.21. The average Bonchev–Trinajstić information content (AvgIpc) is 3.47. The fourth-order valence-corrected chi connectivity index (χ4v) is 4.02. The standard InChI is InChI=1S/C23H13F4N5S/c24-17-11-4-5-12-18(17)32-20(14-7-2-1-3-8-14)19(29-31-32)22-28-21(30-33-22)15-9-6-10-16(13-15)23(25,26)27/h1-13H. The second kappa shape index (κ2) is 8.21. The van der Waals surface area contributed by atoms with Crippen LogP contribution in [0.5, 0.6) is 0 Å². The molecule has 0 saturated carbocycles. The van der Waals surface area contributed by atoms with Gasteiger partial charge in [-0.1, -0.05) is 59.8 Å². The van der Waals surface area contributed by atoms with Gasteiger partial charge in [0.05, 0.1) is 5.56 Å². The third-order valence-electron chi connectivity index (χ3n) is 4.87. The van der Waals surface area contributed by atoms with Crippen molar-refractivity contribution in [3.8, 4) is 39.0 Å². The highest BCUT2D eigenvalue weighted by molar-refractivity contribution is 7.09. The van der Waals surface area contributed by atoms with Crippen LogP contribution in [-0.2, 0) is 6.18 Å². The van der Waals surface area contributed by atoms with Gasteiger partial charge in [0.15, 0.2) is 16.5 Å². The predicted octanol–water partition coefficient (Wildman–Crippen LogP) is 6.28. The van der Waals surface area contributed by atoms with Gasteiger partial charge in [-0.05, 0) is 35.8 Å². The molecule has 0 unspecified atom stereocenters. The molecule has 2 aromatic heterocycles. The summed E-state index contributed by atoms with van der Waals surface area (Å²) in [4.78, 5) is 4.42. The van der Waals surface area contributed by atoms with Crippen LogP contribution in [0, 0.1) is 5.82 Å². The topological polar surface area (TPSA) is 56.5 Å². The lowest BCUT2D eigenvalue weighted by atomic mass is 10.1. The van der Waals surface area contributed by atoms with Gasteiger partial charge >= 0.3 is 6.18 Å². The number of para-hydroxylation sites is 1. The minimum absolute atomic E-state index is 0.139. The van der Waals surface area contributed by atoms with Gasteiger partial charge in [0.2, 0.25) is 0 Å². The van der Waals surface area contributed by atoms with Crippen molar-refractivity contribution < 1.29 is 17.6 Å². The summed E-state index contributed by atoms with van der Waals surface area (Å²) < 4.78 is 59.5. The van der Waals surface area contributed by atoms with Crippen LogP contribution in [-0.4, -0.2) is 24.4 Å². The summed E-state index contributed by atoms with van der Waals surface area (Å²) >= 11 is 0.980. The van der Waals surface area contributed by atoms with Gasteiger partial charge in [-0.25, -0.2) is 14.1 Å². The summed E-state index contributed by atoms with van der Waals surface area (Å²) in [6.07, 6.45) is -4.47. The molecule has 0 aliphatic carbocycles. The number of hydrogen-bond donors (Lipinski definition) is 0. The van der Waals surface area contributed by atoms with Crippen molar-refractivity contribution >= 4 is 11.5 Å². The second-order valence-electron chi connectivity index (χ2n) is 7.02. The van der Waals surface area contributed by atoms with Crippen molar-refractivity contribution in [3.05, 3.63) is 90.2 Å². The van der Waals surface area contributed by atoms with Crippen LogP contribution in [0.15, 0.2) is 78.9 Å². The normalized spacial score (nSPS) is 11.6. The summed E-state index contributed by atoms with van der Waals surface area (Å²) in [6.45, 7) is 0. The van der Waals surface area contributed by atoms with Gasteiger partial charge in [-0.2, -0.15) is 17.5 Å². The van der Waals surface area contributed by atoms with E-state index in [1.807, 2.05) is 30.3 Å². The van der Waals surface area contributed by atoms with Gasteiger partial charge in [-0.3, -0.25) is 0 Å². The highest BCUT2D eigenvalue weighted by Gasteiger charge is 2.31. The monoisotopic (exact) mass is 467 g/mol. The molecule has 0 atom stereocenters. The van der Waals surface area contributed by atoms with Crippen molar-refractivity contribution in [1.82, 2.24) is 24.4 Å². The Morgan fingerprint density at radius 1 is 0.818 bits per heavy atom. The van der Waals surface area contributed by atoms with Crippen LogP contribution in [0.25, 0.3) is 39.0 Å². The van der Waals surface area contributed by atoms with Crippen molar-refractivity contribution in [2.45, 2.75) is 6.18 Å². The Labute approximate surface area is 189 Å². The van der Waals surface area contributed by atoms with Crippen LogP contribution >= 0.6 is 11.5 Å². The molecule has 0 aliphatic heterocycles. The Balaban J connectivity index is 1.63. The molecule has 0 aliphatic rings. The highest BCUT2D eigenvalue weighted by atomic mass is 32.1. The van der Waals surface area contributed by atoms with E-state index in [2.05, 4.69) is 19.7 Å². The fourth-order valence-electron chi connectivity index (χ4n) is 3.34. The number of benzene rings is 3. The minimum Gasteiger partial charge on any atom is -0.213 e. The van der Waals surface area contributed by atoms with E-state index < -0.39 is 17.6 Å². The molecule has 164 valence electrons. The zero-order valence-corrected chi connectivity index (χ0v) is 17.5. The lowest BCUT2D eigenvalue weighted by molar-refractivity contribution is -0.137. The van der Waals surface area contributed by atoms with Crippen LogP contribution in [0.4, 0.5) is 17.6 Å². The Bertz CT molecular complexity index is 1430. The number of alkyl halides is 3. The molecule has 0 saturated heterocycles. The van der Waals surface area contributed by atoms with Crippen molar-refractivity contribution in [2.24, 2.45) is 0 Å². The lowest BCUT2D eigenvalue weighted by Gasteiger charge is -2.08. The molecule has 0 N–H and O–H groups in total. The molecule has 5 rings (SSSR count). The van der Waals surface area contributed by atoms with Crippen LogP contribution in [0.2, 0.25) is 0 Å². The second-order valence-corrected chi connectivity index (χ2v) is 7.77. The predicted molar refractivity (Wildman–Crippen MR) is 116 cm³/mol. The first-order chi connectivity index (χ1) is 15.9. The number of nitrogens with zero attached hydrogens (tertiary/aromatic N) is 5. The molecule has 0 radical (unpaired) electrons. The maximum Gasteiger partial charge on any atom is 0.416 e. The SMILES string of the molecule is Fc1ccccc1-n1nnc(-c2nc(-c3cccc(C(F)(F)F)c3)ns2)c1-c1ccccc1. The molecular formula is C23H13F4N5S. The molecule has 10 heteroatoms. The molecular weight excluding hydrogens is 454 g/mol. The molecule has 0 amide bonds. The highest BCUT2D eigenvalue weighted by Crippen LogP contribution is 2.36. The molecule has 5 aromatic rings. The van der Waals surface area contributed by atoms with Gasteiger partial charge in [0, 0.05) is 11.1 Å². The number of hydrogen-bond acceptors (Lipinski definition) is 5. The number of aromatic nitrogens is 5. The summed E-state index contributed by atoms with van der Waals surface area (Å²) in [7, 11) is 0. The Hall–Kier alpha value is -3.92. The zero-order valence-electron chi connectivity index (χ0n) is 16.7. The Morgan fingerprint density at radius 2 is 1.55 bits per heavy atom. The quantitative estimate of drug-likeness (QED) is 0.292. The maximum absolute atomic E-state index is 14.5. The molecule has 5 nitrogen and oxygen atoms in total. The van der Waals surface area contributed by atoms with E-state index in [4.69, 9.17) is 0 Å². The number of halogens is 4. The molecule has 3 aromatic carbocycles. The third-order valence-corrected chi connectivity index (χ3v) is 5.60. The van der Waals surface area contributed by atoms with E-state index in [0.717, 1.165) is 29.2 Å². The lowest BCUT2D eigenvalue weighted by Crippen LogP contribution is -2.04. The zero-order chi connectivity index (χ0) is 23.0.